The van der Waals surface area contributed by atoms with Gasteiger partial charge in [0, 0.05) is 31.4 Å². The molecule has 0 saturated carbocycles. The highest BCUT2D eigenvalue weighted by molar-refractivity contribution is 14.0. The zero-order chi connectivity index (χ0) is 18.1. The number of carbonyl (C=O) groups excluding carboxylic acids is 1. The molecule has 1 aromatic carbocycles. The van der Waals surface area contributed by atoms with Crippen LogP contribution in [0.25, 0.3) is 0 Å². The first-order valence-electron chi connectivity index (χ1n) is 9.12. The number of guanidine groups is 1. The third kappa shape index (κ3) is 7.80. The number of benzene rings is 1. The molecule has 1 aliphatic heterocycles. The number of nitrogens with one attached hydrogen (secondary N) is 2. The Hall–Kier alpha value is -1.51. The summed E-state index contributed by atoms with van der Waals surface area (Å²) in [6, 6.07) is 10.8. The summed E-state index contributed by atoms with van der Waals surface area (Å²) in [5, 5.41) is 6.72. The van der Waals surface area contributed by atoms with Crippen molar-refractivity contribution in [1.29, 1.82) is 0 Å². The van der Waals surface area contributed by atoms with Crippen molar-refractivity contribution in [2.45, 2.75) is 45.8 Å². The van der Waals surface area contributed by atoms with Crippen LogP contribution in [0.15, 0.2) is 35.3 Å². The molecule has 0 aromatic heterocycles. The molecule has 0 amide bonds. The molecule has 1 unspecified atom stereocenters. The Balaban J connectivity index is 0.00000338. The number of carbonyl (C=O) groups is 1. The van der Waals surface area contributed by atoms with E-state index in [2.05, 4.69) is 44.8 Å². The Morgan fingerprint density at radius 2 is 2.08 bits per heavy atom. The van der Waals surface area contributed by atoms with Crippen LogP contribution in [0.3, 0.4) is 0 Å². The number of halogens is 1. The van der Waals surface area contributed by atoms with Crippen LogP contribution in [0.5, 0.6) is 0 Å². The fourth-order valence-electron chi connectivity index (χ4n) is 2.85. The average Bonchev–Trinajstić information content (AvgIpc) is 3.03. The van der Waals surface area contributed by atoms with E-state index in [0.29, 0.717) is 19.0 Å². The second kappa shape index (κ2) is 12.0. The van der Waals surface area contributed by atoms with Crippen LogP contribution in [0.1, 0.15) is 33.6 Å². The maximum Gasteiger partial charge on any atom is 0.307 e. The maximum atomic E-state index is 11.6. The van der Waals surface area contributed by atoms with E-state index in [1.165, 1.54) is 5.69 Å². The molecule has 6 nitrogen and oxygen atoms in total. The molecule has 0 radical (unpaired) electrons. The van der Waals surface area contributed by atoms with Gasteiger partial charge in [0.25, 0.3) is 0 Å². The summed E-state index contributed by atoms with van der Waals surface area (Å²) in [6.45, 7) is 8.94. The number of nitrogens with zero attached hydrogens (tertiary/aromatic N) is 2. The number of anilines is 1. The first kappa shape index (κ1) is 22.5. The molecule has 2 rings (SSSR count). The van der Waals surface area contributed by atoms with Crippen LogP contribution in [0, 0.1) is 0 Å². The maximum absolute atomic E-state index is 11.6. The Morgan fingerprint density at radius 3 is 2.73 bits per heavy atom. The number of hydrogen-bond donors (Lipinski definition) is 2. The SMILES string of the molecule is CCNC(=NCCC(=O)OC(C)C)NC1CCN(c2ccccc2)C1.I. The molecule has 0 bridgehead atoms. The molecule has 26 heavy (non-hydrogen) atoms. The highest BCUT2D eigenvalue weighted by Crippen LogP contribution is 2.19. The Morgan fingerprint density at radius 1 is 1.35 bits per heavy atom. The molecule has 1 heterocycles. The van der Waals surface area contributed by atoms with Gasteiger partial charge in [-0.3, -0.25) is 9.79 Å². The smallest absolute Gasteiger partial charge is 0.307 e. The Labute approximate surface area is 173 Å². The van der Waals surface area contributed by atoms with E-state index in [-0.39, 0.29) is 36.0 Å². The predicted octanol–water partition coefficient (Wildman–Crippen LogP) is 2.78. The number of hydrogen-bond acceptors (Lipinski definition) is 4. The zero-order valence-electron chi connectivity index (χ0n) is 15.9. The molecule has 1 aromatic rings. The molecule has 2 N–H and O–H groups in total. The first-order chi connectivity index (χ1) is 12.1. The van der Waals surface area contributed by atoms with Gasteiger partial charge in [0.05, 0.1) is 19.1 Å². The second-order valence-electron chi connectivity index (χ2n) is 6.46. The van der Waals surface area contributed by atoms with Crippen LogP contribution in [-0.2, 0) is 9.53 Å². The van der Waals surface area contributed by atoms with Gasteiger partial charge >= 0.3 is 5.97 Å². The topological polar surface area (TPSA) is 66.0 Å². The molecule has 7 heteroatoms. The van der Waals surface area contributed by atoms with E-state index < -0.39 is 0 Å². The Bertz CT molecular complexity index is 566. The lowest BCUT2D eigenvalue weighted by Crippen LogP contribution is -2.44. The quantitative estimate of drug-likeness (QED) is 0.276. The molecule has 1 aliphatic rings. The van der Waals surface area contributed by atoms with Crippen LogP contribution in [0.2, 0.25) is 0 Å². The van der Waals surface area contributed by atoms with Crippen molar-refractivity contribution in [3.63, 3.8) is 0 Å². The van der Waals surface area contributed by atoms with Crippen molar-refractivity contribution >= 4 is 41.6 Å². The monoisotopic (exact) mass is 474 g/mol. The zero-order valence-corrected chi connectivity index (χ0v) is 18.2. The van der Waals surface area contributed by atoms with Crippen molar-refractivity contribution in [3.8, 4) is 0 Å². The first-order valence-corrected chi connectivity index (χ1v) is 9.12. The summed E-state index contributed by atoms with van der Waals surface area (Å²) >= 11 is 0. The van der Waals surface area contributed by atoms with E-state index in [4.69, 9.17) is 4.74 Å². The standard InChI is InChI=1S/C19H30N4O2.HI/c1-4-20-19(21-12-10-18(24)25-15(2)3)22-16-11-13-23(14-16)17-8-6-5-7-9-17;/h5-9,15-16H,4,10-14H2,1-3H3,(H2,20,21,22);1H. The summed E-state index contributed by atoms with van der Waals surface area (Å²) in [5.74, 6) is 0.561. The van der Waals surface area contributed by atoms with Crippen LogP contribution in [0.4, 0.5) is 5.69 Å². The van der Waals surface area contributed by atoms with Gasteiger partial charge in [-0.1, -0.05) is 18.2 Å². The van der Waals surface area contributed by atoms with Crippen molar-refractivity contribution in [2.75, 3.05) is 31.1 Å². The Kier molecular flexibility index (Phi) is 10.4. The minimum absolute atomic E-state index is 0. The van der Waals surface area contributed by atoms with E-state index in [1.54, 1.807) is 0 Å². The number of para-hydroxylation sites is 1. The lowest BCUT2D eigenvalue weighted by molar-refractivity contribution is -0.147. The largest absolute Gasteiger partial charge is 0.463 e. The fraction of sp³-hybridized carbons (Fsp3) is 0.579. The number of aliphatic imine (C=N–C) groups is 1. The summed E-state index contributed by atoms with van der Waals surface area (Å²) in [6.07, 6.45) is 1.29. The number of esters is 1. The van der Waals surface area contributed by atoms with E-state index in [1.807, 2.05) is 26.8 Å². The van der Waals surface area contributed by atoms with Crippen molar-refractivity contribution in [3.05, 3.63) is 30.3 Å². The van der Waals surface area contributed by atoms with Gasteiger partial charge in [-0.2, -0.15) is 0 Å². The summed E-state index contributed by atoms with van der Waals surface area (Å²) in [4.78, 5) is 18.5. The van der Waals surface area contributed by atoms with Crippen LogP contribution >= 0.6 is 24.0 Å². The van der Waals surface area contributed by atoms with E-state index in [9.17, 15) is 4.79 Å². The highest BCUT2D eigenvalue weighted by Gasteiger charge is 2.23. The molecule has 146 valence electrons. The van der Waals surface area contributed by atoms with Gasteiger partial charge < -0.3 is 20.3 Å². The van der Waals surface area contributed by atoms with Gasteiger partial charge in [0.15, 0.2) is 5.96 Å². The third-order valence-corrected chi connectivity index (χ3v) is 3.95. The molecular weight excluding hydrogens is 443 g/mol. The van der Waals surface area contributed by atoms with Gasteiger partial charge in [-0.05, 0) is 39.3 Å². The second-order valence-corrected chi connectivity index (χ2v) is 6.46. The van der Waals surface area contributed by atoms with Gasteiger partial charge in [0.2, 0.25) is 0 Å². The van der Waals surface area contributed by atoms with Gasteiger partial charge in [-0.25, -0.2) is 0 Å². The summed E-state index contributed by atoms with van der Waals surface area (Å²) in [7, 11) is 0. The highest BCUT2D eigenvalue weighted by atomic mass is 127. The van der Waals surface area contributed by atoms with Crippen LogP contribution < -0.4 is 15.5 Å². The normalized spacial score (nSPS) is 17.0. The third-order valence-electron chi connectivity index (χ3n) is 3.95. The van der Waals surface area contributed by atoms with Crippen molar-refractivity contribution < 1.29 is 9.53 Å². The number of rotatable bonds is 7. The van der Waals surface area contributed by atoms with Crippen molar-refractivity contribution in [1.82, 2.24) is 10.6 Å². The number of ether oxygens (including phenoxy) is 1. The van der Waals surface area contributed by atoms with Crippen molar-refractivity contribution in [2.24, 2.45) is 4.99 Å². The van der Waals surface area contributed by atoms with Crippen LogP contribution in [-0.4, -0.2) is 50.3 Å². The van der Waals surface area contributed by atoms with Gasteiger partial charge in [0.1, 0.15) is 0 Å². The van der Waals surface area contributed by atoms with Gasteiger partial charge in [-0.15, -0.1) is 24.0 Å². The van der Waals surface area contributed by atoms with E-state index in [0.717, 1.165) is 32.0 Å². The molecule has 1 saturated heterocycles. The van der Waals surface area contributed by atoms with E-state index >= 15 is 0 Å². The average molecular weight is 474 g/mol. The summed E-state index contributed by atoms with van der Waals surface area (Å²) in [5.41, 5.74) is 1.25. The lowest BCUT2D eigenvalue weighted by atomic mass is 10.3. The fourth-order valence-corrected chi connectivity index (χ4v) is 2.85. The molecular formula is C19H31IN4O2. The molecule has 1 fully saturated rings. The summed E-state index contributed by atoms with van der Waals surface area (Å²) < 4.78 is 5.13. The molecule has 0 aliphatic carbocycles. The predicted molar refractivity (Wildman–Crippen MR) is 117 cm³/mol. The minimum Gasteiger partial charge on any atom is -0.463 e. The minimum atomic E-state index is -0.203. The molecule has 0 spiro atoms. The molecule has 1 atom stereocenters. The lowest BCUT2D eigenvalue weighted by Gasteiger charge is -2.20.